The maximum atomic E-state index is 14.0. The van der Waals surface area contributed by atoms with Crippen molar-refractivity contribution in [2.45, 2.75) is 39.5 Å². The van der Waals surface area contributed by atoms with Crippen molar-refractivity contribution >= 4 is 33.4 Å². The summed E-state index contributed by atoms with van der Waals surface area (Å²) in [6.07, 6.45) is 3.24. The van der Waals surface area contributed by atoms with Crippen LogP contribution in [0, 0.1) is 12.7 Å². The van der Waals surface area contributed by atoms with Crippen LogP contribution in [-0.4, -0.2) is 27.2 Å². The SMILES string of the molecule is Cc1cc(-n2c(C(C)C)c(N3CCCC3=O)c3cc4[nH]ncc4cc32)ccc1F. The molecule has 148 valence electrons. The van der Waals surface area contributed by atoms with Gasteiger partial charge in [0, 0.05) is 29.4 Å². The third-order valence-corrected chi connectivity index (χ3v) is 5.83. The molecule has 3 heterocycles. The Morgan fingerprint density at radius 1 is 1.21 bits per heavy atom. The standard InChI is InChI=1S/C23H23FN4O/c1-13(2)22-23(27-8-4-5-21(27)29)17-11-19-15(12-25-26-19)10-20(17)28(22)16-6-7-18(24)14(3)9-16/h6-7,9-13H,4-5,8H2,1-3H3,(H,25,26). The topological polar surface area (TPSA) is 53.9 Å². The van der Waals surface area contributed by atoms with Gasteiger partial charge in [-0.1, -0.05) is 13.8 Å². The summed E-state index contributed by atoms with van der Waals surface area (Å²) < 4.78 is 16.2. The van der Waals surface area contributed by atoms with Crippen molar-refractivity contribution in [3.8, 4) is 5.69 Å². The Kier molecular flexibility index (Phi) is 3.98. The number of carbonyl (C=O) groups excluding carboxylic acids is 1. The molecule has 29 heavy (non-hydrogen) atoms. The summed E-state index contributed by atoms with van der Waals surface area (Å²) in [4.78, 5) is 14.6. The molecule has 1 amide bonds. The zero-order chi connectivity index (χ0) is 20.3. The number of aromatic nitrogens is 3. The van der Waals surface area contributed by atoms with Gasteiger partial charge in [0.2, 0.25) is 5.91 Å². The van der Waals surface area contributed by atoms with Gasteiger partial charge in [0.05, 0.1) is 28.6 Å². The first kappa shape index (κ1) is 17.9. The van der Waals surface area contributed by atoms with Crippen LogP contribution in [0.25, 0.3) is 27.5 Å². The number of fused-ring (bicyclic) bond motifs is 2. The highest BCUT2D eigenvalue weighted by atomic mass is 19.1. The van der Waals surface area contributed by atoms with E-state index in [4.69, 9.17) is 0 Å². The van der Waals surface area contributed by atoms with Gasteiger partial charge in [-0.3, -0.25) is 9.89 Å². The second-order valence-corrected chi connectivity index (χ2v) is 8.13. The van der Waals surface area contributed by atoms with Gasteiger partial charge in [-0.05, 0) is 55.2 Å². The molecule has 6 heteroatoms. The van der Waals surface area contributed by atoms with Gasteiger partial charge < -0.3 is 9.47 Å². The fourth-order valence-corrected chi connectivity index (χ4v) is 4.47. The van der Waals surface area contributed by atoms with Gasteiger partial charge in [0.25, 0.3) is 0 Å². The molecule has 0 radical (unpaired) electrons. The number of H-pyrrole nitrogens is 1. The number of carbonyl (C=O) groups is 1. The summed E-state index contributed by atoms with van der Waals surface area (Å²) in [6.45, 7) is 6.77. The lowest BCUT2D eigenvalue weighted by Crippen LogP contribution is -2.25. The van der Waals surface area contributed by atoms with E-state index in [9.17, 15) is 9.18 Å². The van der Waals surface area contributed by atoms with Crippen LogP contribution >= 0.6 is 0 Å². The van der Waals surface area contributed by atoms with Gasteiger partial charge in [-0.25, -0.2) is 4.39 Å². The van der Waals surface area contributed by atoms with Gasteiger partial charge in [0.15, 0.2) is 0 Å². The lowest BCUT2D eigenvalue weighted by Gasteiger charge is -2.21. The van der Waals surface area contributed by atoms with Gasteiger partial charge in [-0.15, -0.1) is 0 Å². The second kappa shape index (κ2) is 6.44. The minimum atomic E-state index is -0.219. The predicted molar refractivity (Wildman–Crippen MR) is 113 cm³/mol. The number of aromatic amines is 1. The summed E-state index contributed by atoms with van der Waals surface area (Å²) in [6, 6.07) is 9.37. The lowest BCUT2D eigenvalue weighted by molar-refractivity contribution is -0.117. The van der Waals surface area contributed by atoms with E-state index in [2.05, 4.69) is 40.7 Å². The zero-order valence-electron chi connectivity index (χ0n) is 16.8. The number of amides is 1. The molecular formula is C23H23FN4O. The summed E-state index contributed by atoms with van der Waals surface area (Å²) >= 11 is 0. The minimum absolute atomic E-state index is 0.158. The Balaban J connectivity index is 1.92. The van der Waals surface area contributed by atoms with E-state index in [1.165, 1.54) is 6.07 Å². The molecule has 1 fully saturated rings. The number of aryl methyl sites for hydroxylation is 1. The Labute approximate surface area is 168 Å². The van der Waals surface area contributed by atoms with E-state index in [1.807, 2.05) is 17.0 Å². The Bertz CT molecular complexity index is 1270. The first-order valence-electron chi connectivity index (χ1n) is 10.0. The molecule has 4 aromatic rings. The first-order chi connectivity index (χ1) is 14.0. The van der Waals surface area contributed by atoms with Crippen LogP contribution < -0.4 is 4.90 Å². The monoisotopic (exact) mass is 390 g/mol. The zero-order valence-corrected chi connectivity index (χ0v) is 16.8. The molecule has 0 saturated carbocycles. The highest BCUT2D eigenvalue weighted by Gasteiger charge is 2.31. The maximum absolute atomic E-state index is 14.0. The van der Waals surface area contributed by atoms with E-state index >= 15 is 0 Å². The highest BCUT2D eigenvalue weighted by Crippen LogP contribution is 2.43. The second-order valence-electron chi connectivity index (χ2n) is 8.13. The van der Waals surface area contributed by atoms with Crippen molar-refractivity contribution < 1.29 is 9.18 Å². The molecule has 0 unspecified atom stereocenters. The summed E-state index contributed by atoms with van der Waals surface area (Å²) in [5.74, 6) is 0.113. The minimum Gasteiger partial charge on any atom is -0.311 e. The average Bonchev–Trinajstić information content (AvgIpc) is 3.38. The number of nitrogens with zero attached hydrogens (tertiary/aromatic N) is 3. The van der Waals surface area contributed by atoms with E-state index in [1.54, 1.807) is 13.1 Å². The van der Waals surface area contributed by atoms with Crippen molar-refractivity contribution in [1.29, 1.82) is 0 Å². The number of hydrogen-bond donors (Lipinski definition) is 1. The molecule has 2 aromatic heterocycles. The van der Waals surface area contributed by atoms with Crippen molar-refractivity contribution in [1.82, 2.24) is 14.8 Å². The van der Waals surface area contributed by atoms with Crippen molar-refractivity contribution in [3.05, 3.63) is 53.6 Å². The molecule has 0 atom stereocenters. The summed E-state index contributed by atoms with van der Waals surface area (Å²) in [7, 11) is 0. The van der Waals surface area contributed by atoms with E-state index in [0.717, 1.165) is 51.8 Å². The third kappa shape index (κ3) is 2.66. The first-order valence-corrected chi connectivity index (χ1v) is 10.0. The highest BCUT2D eigenvalue weighted by molar-refractivity contribution is 6.10. The Hall–Kier alpha value is -3.15. The normalized spacial score (nSPS) is 14.8. The molecule has 0 aliphatic carbocycles. The number of nitrogens with one attached hydrogen (secondary N) is 1. The molecule has 5 rings (SSSR count). The summed E-state index contributed by atoms with van der Waals surface area (Å²) in [5, 5.41) is 9.23. The fourth-order valence-electron chi connectivity index (χ4n) is 4.47. The van der Waals surface area contributed by atoms with E-state index in [-0.39, 0.29) is 17.6 Å². The van der Waals surface area contributed by atoms with Gasteiger partial charge in [-0.2, -0.15) is 5.10 Å². The van der Waals surface area contributed by atoms with E-state index < -0.39 is 0 Å². The van der Waals surface area contributed by atoms with Crippen LogP contribution in [0.3, 0.4) is 0 Å². The number of anilines is 1. The lowest BCUT2D eigenvalue weighted by atomic mass is 10.1. The van der Waals surface area contributed by atoms with Crippen LogP contribution in [0.2, 0.25) is 0 Å². The van der Waals surface area contributed by atoms with Crippen LogP contribution in [0.1, 0.15) is 43.9 Å². The Morgan fingerprint density at radius 3 is 2.72 bits per heavy atom. The number of hydrogen-bond acceptors (Lipinski definition) is 2. The Morgan fingerprint density at radius 2 is 2.03 bits per heavy atom. The molecule has 5 nitrogen and oxygen atoms in total. The largest absolute Gasteiger partial charge is 0.311 e. The molecular weight excluding hydrogens is 367 g/mol. The quantitative estimate of drug-likeness (QED) is 0.522. The van der Waals surface area contributed by atoms with Crippen LogP contribution in [-0.2, 0) is 4.79 Å². The molecule has 1 aliphatic heterocycles. The molecule has 1 N–H and O–H groups in total. The fraction of sp³-hybridized carbons (Fsp3) is 0.304. The molecule has 0 bridgehead atoms. The number of halogens is 1. The van der Waals surface area contributed by atoms with Gasteiger partial charge in [0.1, 0.15) is 5.82 Å². The molecule has 1 aliphatic rings. The van der Waals surface area contributed by atoms with Crippen molar-refractivity contribution in [2.75, 3.05) is 11.4 Å². The van der Waals surface area contributed by atoms with Crippen LogP contribution in [0.5, 0.6) is 0 Å². The van der Waals surface area contributed by atoms with Crippen LogP contribution in [0.4, 0.5) is 10.1 Å². The van der Waals surface area contributed by atoms with Crippen molar-refractivity contribution in [2.24, 2.45) is 0 Å². The summed E-state index contributed by atoms with van der Waals surface area (Å²) in [5.41, 5.74) is 5.48. The molecule has 0 spiro atoms. The molecule has 1 saturated heterocycles. The van der Waals surface area contributed by atoms with Crippen LogP contribution in [0.15, 0.2) is 36.5 Å². The third-order valence-electron chi connectivity index (χ3n) is 5.83. The predicted octanol–water partition coefficient (Wildman–Crippen LogP) is 5.20. The number of benzene rings is 2. The smallest absolute Gasteiger partial charge is 0.227 e. The molecule has 2 aromatic carbocycles. The average molecular weight is 390 g/mol. The maximum Gasteiger partial charge on any atom is 0.227 e. The van der Waals surface area contributed by atoms with Crippen molar-refractivity contribution in [3.63, 3.8) is 0 Å². The number of rotatable bonds is 3. The van der Waals surface area contributed by atoms with Gasteiger partial charge >= 0.3 is 0 Å². The van der Waals surface area contributed by atoms with E-state index in [0.29, 0.717) is 12.0 Å².